The minimum atomic E-state index is -0.0419. The van der Waals surface area contributed by atoms with Gasteiger partial charge in [0.15, 0.2) is 6.04 Å². The second-order valence-corrected chi connectivity index (χ2v) is 8.00. The molecule has 1 amide bonds. The Morgan fingerprint density at radius 3 is 2.62 bits per heavy atom. The van der Waals surface area contributed by atoms with Gasteiger partial charge < -0.3 is 10.2 Å². The third kappa shape index (κ3) is 3.40. The van der Waals surface area contributed by atoms with Crippen LogP contribution in [0.25, 0.3) is 0 Å². The zero-order valence-corrected chi connectivity index (χ0v) is 15.8. The van der Waals surface area contributed by atoms with Crippen LogP contribution in [0.5, 0.6) is 0 Å². The Labute approximate surface area is 148 Å². The number of thiophene rings is 1. The molecule has 3 rings (SSSR count). The summed E-state index contributed by atoms with van der Waals surface area (Å²) < 4.78 is 0. The van der Waals surface area contributed by atoms with Crippen LogP contribution in [0.1, 0.15) is 47.4 Å². The van der Waals surface area contributed by atoms with Crippen LogP contribution in [-0.4, -0.2) is 18.5 Å². The fraction of sp³-hybridized carbons (Fsp3) is 0.450. The molecule has 128 valence electrons. The van der Waals surface area contributed by atoms with Crippen molar-refractivity contribution < 1.29 is 9.69 Å². The number of carbonyl (C=O) groups excluding carboxylic acids is 1. The van der Waals surface area contributed by atoms with Gasteiger partial charge in [0.2, 0.25) is 0 Å². The summed E-state index contributed by atoms with van der Waals surface area (Å²) in [6.45, 7) is 9.36. The van der Waals surface area contributed by atoms with E-state index in [1.54, 1.807) is 0 Å². The summed E-state index contributed by atoms with van der Waals surface area (Å²) in [6.07, 6.45) is 2.37. The molecule has 0 saturated carbocycles. The van der Waals surface area contributed by atoms with Gasteiger partial charge >= 0.3 is 0 Å². The summed E-state index contributed by atoms with van der Waals surface area (Å²) in [5.41, 5.74) is 4.49. The van der Waals surface area contributed by atoms with Crippen LogP contribution in [0.3, 0.4) is 0 Å². The van der Waals surface area contributed by atoms with Crippen molar-refractivity contribution in [2.45, 2.75) is 52.6 Å². The maximum Gasteiger partial charge on any atom is 0.282 e. The standard InChI is InChI=1S/C20H26N2OS/c1-13-11-14(2)19(15(3)12-13)21-20(23)16(4)22-9-5-7-17(22)18-8-6-10-24-18/h6,8,10-12,16-17H,5,7,9H2,1-4H3,(H,21,23)/p+1/t16-,17-/m1/s1. The molecule has 0 aliphatic carbocycles. The van der Waals surface area contributed by atoms with Crippen molar-refractivity contribution in [2.24, 2.45) is 0 Å². The van der Waals surface area contributed by atoms with E-state index >= 15 is 0 Å². The van der Waals surface area contributed by atoms with E-state index < -0.39 is 0 Å². The van der Waals surface area contributed by atoms with Crippen molar-refractivity contribution in [3.05, 3.63) is 51.2 Å². The first-order valence-corrected chi connectivity index (χ1v) is 9.63. The quantitative estimate of drug-likeness (QED) is 0.876. The van der Waals surface area contributed by atoms with Crippen LogP contribution >= 0.6 is 11.3 Å². The molecule has 0 spiro atoms. The van der Waals surface area contributed by atoms with Gasteiger partial charge in [0.25, 0.3) is 5.91 Å². The van der Waals surface area contributed by atoms with E-state index in [1.165, 1.54) is 28.2 Å². The lowest BCUT2D eigenvalue weighted by atomic mass is 10.0. The first-order chi connectivity index (χ1) is 11.5. The molecule has 0 radical (unpaired) electrons. The molecule has 1 unspecified atom stereocenters. The number of quaternary nitrogens is 1. The van der Waals surface area contributed by atoms with Gasteiger partial charge in [0.05, 0.1) is 11.4 Å². The highest BCUT2D eigenvalue weighted by Gasteiger charge is 2.37. The van der Waals surface area contributed by atoms with Crippen LogP contribution in [-0.2, 0) is 4.79 Å². The minimum Gasteiger partial charge on any atom is -0.320 e. The van der Waals surface area contributed by atoms with E-state index in [2.05, 4.69) is 62.7 Å². The van der Waals surface area contributed by atoms with Crippen molar-refractivity contribution in [1.29, 1.82) is 0 Å². The summed E-state index contributed by atoms with van der Waals surface area (Å²) in [5.74, 6) is 0.128. The molecule has 1 aliphatic heterocycles. The molecule has 2 N–H and O–H groups in total. The van der Waals surface area contributed by atoms with Crippen LogP contribution in [0.15, 0.2) is 29.6 Å². The maximum absolute atomic E-state index is 12.9. The zero-order valence-electron chi connectivity index (χ0n) is 15.0. The lowest BCUT2D eigenvalue weighted by Crippen LogP contribution is -3.15. The van der Waals surface area contributed by atoms with Crippen molar-refractivity contribution in [2.75, 3.05) is 11.9 Å². The summed E-state index contributed by atoms with van der Waals surface area (Å²) in [4.78, 5) is 15.7. The Bertz CT molecular complexity index is 700. The fourth-order valence-electron chi connectivity index (χ4n) is 3.98. The van der Waals surface area contributed by atoms with Gasteiger partial charge in [-0.25, -0.2) is 0 Å². The molecular formula is C20H27N2OS+. The number of hydrogen-bond donors (Lipinski definition) is 2. The smallest absolute Gasteiger partial charge is 0.282 e. The van der Waals surface area contributed by atoms with Gasteiger partial charge in [0, 0.05) is 18.5 Å². The molecule has 3 atom stereocenters. The van der Waals surface area contributed by atoms with Crippen molar-refractivity contribution in [3.63, 3.8) is 0 Å². The molecule has 1 aliphatic rings. The topological polar surface area (TPSA) is 33.5 Å². The van der Waals surface area contributed by atoms with Gasteiger partial charge in [0.1, 0.15) is 6.04 Å². The molecule has 2 heterocycles. The third-order valence-corrected chi connectivity index (χ3v) is 6.15. The van der Waals surface area contributed by atoms with Crippen molar-refractivity contribution in [1.82, 2.24) is 0 Å². The second kappa shape index (κ2) is 7.08. The van der Waals surface area contributed by atoms with Crippen LogP contribution < -0.4 is 10.2 Å². The number of carbonyl (C=O) groups is 1. The summed E-state index contributed by atoms with van der Waals surface area (Å²) >= 11 is 1.81. The lowest BCUT2D eigenvalue weighted by molar-refractivity contribution is -0.931. The number of likely N-dealkylation sites (tertiary alicyclic amines) is 1. The number of anilines is 1. The van der Waals surface area contributed by atoms with Crippen LogP contribution in [0.4, 0.5) is 5.69 Å². The molecule has 2 aromatic rings. The Balaban J connectivity index is 1.75. The fourth-order valence-corrected chi connectivity index (χ4v) is 4.88. The molecule has 0 bridgehead atoms. The highest BCUT2D eigenvalue weighted by Crippen LogP contribution is 2.25. The Hall–Kier alpha value is -1.65. The van der Waals surface area contributed by atoms with Gasteiger partial charge in [-0.2, -0.15) is 0 Å². The predicted molar refractivity (Wildman–Crippen MR) is 101 cm³/mol. The predicted octanol–water partition coefficient (Wildman–Crippen LogP) is 3.42. The summed E-state index contributed by atoms with van der Waals surface area (Å²) in [5, 5.41) is 5.33. The number of rotatable bonds is 4. The SMILES string of the molecule is Cc1cc(C)c(NC(=O)[C@@H](C)[NH+]2CCC[C@@H]2c2cccs2)c(C)c1. The first-order valence-electron chi connectivity index (χ1n) is 8.75. The maximum atomic E-state index is 12.9. The second-order valence-electron chi connectivity index (χ2n) is 7.02. The molecule has 4 heteroatoms. The molecular weight excluding hydrogens is 316 g/mol. The Kier molecular flexibility index (Phi) is 5.07. The van der Waals surface area contributed by atoms with Gasteiger partial charge in [-0.15, -0.1) is 11.3 Å². The number of benzene rings is 1. The zero-order chi connectivity index (χ0) is 17.3. The van der Waals surface area contributed by atoms with Gasteiger partial charge in [-0.05, 0) is 50.3 Å². The lowest BCUT2D eigenvalue weighted by Gasteiger charge is -2.26. The Morgan fingerprint density at radius 1 is 1.29 bits per heavy atom. The van der Waals surface area contributed by atoms with E-state index in [9.17, 15) is 4.79 Å². The molecule has 3 nitrogen and oxygen atoms in total. The number of hydrogen-bond acceptors (Lipinski definition) is 2. The monoisotopic (exact) mass is 343 g/mol. The van der Waals surface area contributed by atoms with E-state index in [0.717, 1.165) is 23.4 Å². The normalized spacial score (nSPS) is 21.7. The largest absolute Gasteiger partial charge is 0.320 e. The number of aryl methyl sites for hydroxylation is 3. The van der Waals surface area contributed by atoms with E-state index in [0.29, 0.717) is 6.04 Å². The van der Waals surface area contributed by atoms with E-state index in [-0.39, 0.29) is 11.9 Å². The molecule has 1 aromatic heterocycles. The third-order valence-electron chi connectivity index (χ3n) is 5.17. The molecule has 1 saturated heterocycles. The highest BCUT2D eigenvalue weighted by atomic mass is 32.1. The highest BCUT2D eigenvalue weighted by molar-refractivity contribution is 7.10. The Morgan fingerprint density at radius 2 is 2.00 bits per heavy atom. The van der Waals surface area contributed by atoms with Crippen LogP contribution in [0.2, 0.25) is 0 Å². The van der Waals surface area contributed by atoms with Crippen LogP contribution in [0, 0.1) is 20.8 Å². The average molecular weight is 344 g/mol. The minimum absolute atomic E-state index is 0.0419. The molecule has 1 fully saturated rings. The summed E-state index contributed by atoms with van der Waals surface area (Å²) in [6, 6.07) is 9.00. The van der Waals surface area contributed by atoms with Crippen molar-refractivity contribution >= 4 is 22.9 Å². The summed E-state index contributed by atoms with van der Waals surface area (Å²) in [7, 11) is 0. The molecule has 24 heavy (non-hydrogen) atoms. The first kappa shape index (κ1) is 17.2. The average Bonchev–Trinajstić information content (AvgIpc) is 3.19. The van der Waals surface area contributed by atoms with Gasteiger partial charge in [-0.3, -0.25) is 4.79 Å². The number of nitrogens with one attached hydrogen (secondary N) is 2. The van der Waals surface area contributed by atoms with Gasteiger partial charge in [-0.1, -0.05) is 23.8 Å². The number of amides is 1. The van der Waals surface area contributed by atoms with Crippen molar-refractivity contribution in [3.8, 4) is 0 Å². The van der Waals surface area contributed by atoms with E-state index in [1.807, 2.05) is 11.3 Å². The van der Waals surface area contributed by atoms with E-state index in [4.69, 9.17) is 0 Å². The molecule has 1 aromatic carbocycles.